The monoisotopic (exact) mass is 304 g/mol. The van der Waals surface area contributed by atoms with Crippen molar-refractivity contribution in [2.45, 2.75) is 38.3 Å². The molecule has 3 unspecified atom stereocenters. The van der Waals surface area contributed by atoms with Gasteiger partial charge in [0.15, 0.2) is 9.84 Å². The van der Waals surface area contributed by atoms with Crippen LogP contribution in [0.1, 0.15) is 26.7 Å². The Hall–Kier alpha value is -0.660. The van der Waals surface area contributed by atoms with Crippen LogP contribution < -0.4 is 5.32 Å². The molecule has 2 saturated heterocycles. The second-order valence-electron chi connectivity index (χ2n) is 6.52. The summed E-state index contributed by atoms with van der Waals surface area (Å²) in [6, 6.07) is 0. The van der Waals surface area contributed by atoms with Gasteiger partial charge in [-0.25, -0.2) is 8.42 Å². The number of carbonyl (C=O) groups excluding carboxylic acids is 1. The van der Waals surface area contributed by atoms with E-state index in [0.717, 1.165) is 0 Å². The van der Waals surface area contributed by atoms with E-state index in [9.17, 15) is 18.3 Å². The standard InChI is InChI=1S/C13H24N2O4S/c1-10-7-15(5-3-11(10)16)8-12(17)14-13(2)4-6-20(18,19)9-13/h10-11,16H,3-9H2,1-2H3,(H,14,17). The minimum absolute atomic E-state index is 0.0286. The van der Waals surface area contributed by atoms with Crippen LogP contribution in [0.2, 0.25) is 0 Å². The fraction of sp³-hybridized carbons (Fsp3) is 0.923. The molecule has 0 spiro atoms. The number of piperidine rings is 1. The highest BCUT2D eigenvalue weighted by atomic mass is 32.2. The van der Waals surface area contributed by atoms with Gasteiger partial charge in [-0.1, -0.05) is 6.92 Å². The zero-order valence-electron chi connectivity index (χ0n) is 12.1. The quantitative estimate of drug-likeness (QED) is 0.726. The third-order valence-corrected chi connectivity index (χ3v) is 6.16. The van der Waals surface area contributed by atoms with Gasteiger partial charge in [0.05, 0.1) is 29.7 Å². The Labute approximate surface area is 120 Å². The van der Waals surface area contributed by atoms with Crippen molar-refractivity contribution in [1.82, 2.24) is 10.2 Å². The molecule has 0 aromatic heterocycles. The molecule has 2 heterocycles. The maximum Gasteiger partial charge on any atom is 0.234 e. The fourth-order valence-corrected chi connectivity index (χ4v) is 5.14. The van der Waals surface area contributed by atoms with Gasteiger partial charge in [-0.05, 0) is 25.7 Å². The molecule has 0 aliphatic carbocycles. The van der Waals surface area contributed by atoms with Crippen LogP contribution in [0.5, 0.6) is 0 Å². The van der Waals surface area contributed by atoms with E-state index in [-0.39, 0.29) is 36.0 Å². The molecule has 6 nitrogen and oxygen atoms in total. The molecule has 2 fully saturated rings. The number of amides is 1. The van der Waals surface area contributed by atoms with E-state index in [1.165, 1.54) is 0 Å². The molecule has 0 saturated carbocycles. The van der Waals surface area contributed by atoms with Crippen molar-refractivity contribution < 1.29 is 18.3 Å². The lowest BCUT2D eigenvalue weighted by Gasteiger charge is -2.34. The molecule has 2 aliphatic heterocycles. The summed E-state index contributed by atoms with van der Waals surface area (Å²) in [5.41, 5.74) is -0.628. The van der Waals surface area contributed by atoms with Gasteiger partial charge in [-0.15, -0.1) is 0 Å². The summed E-state index contributed by atoms with van der Waals surface area (Å²) in [4.78, 5) is 14.1. The Balaban J connectivity index is 1.84. The predicted octanol–water partition coefficient (Wildman–Crippen LogP) is -0.617. The van der Waals surface area contributed by atoms with E-state index < -0.39 is 15.4 Å². The van der Waals surface area contributed by atoms with Crippen molar-refractivity contribution in [3.63, 3.8) is 0 Å². The van der Waals surface area contributed by atoms with Crippen LogP contribution in [0.15, 0.2) is 0 Å². The second-order valence-corrected chi connectivity index (χ2v) is 8.70. The van der Waals surface area contributed by atoms with Crippen LogP contribution in [-0.4, -0.2) is 67.1 Å². The number of carbonyl (C=O) groups is 1. The molecule has 0 radical (unpaired) electrons. The number of aliphatic hydroxyl groups is 1. The summed E-state index contributed by atoms with van der Waals surface area (Å²) < 4.78 is 23.0. The summed E-state index contributed by atoms with van der Waals surface area (Å²) in [5.74, 6) is 0.213. The van der Waals surface area contributed by atoms with Gasteiger partial charge in [-0.3, -0.25) is 9.69 Å². The minimum atomic E-state index is -3.01. The summed E-state index contributed by atoms with van der Waals surface area (Å²) in [6.45, 7) is 5.43. The lowest BCUT2D eigenvalue weighted by atomic mass is 9.96. The van der Waals surface area contributed by atoms with E-state index in [1.807, 2.05) is 11.8 Å². The van der Waals surface area contributed by atoms with Gasteiger partial charge in [0, 0.05) is 13.1 Å². The highest BCUT2D eigenvalue weighted by molar-refractivity contribution is 7.91. The Kier molecular flexibility index (Phi) is 4.41. The molecular weight excluding hydrogens is 280 g/mol. The van der Waals surface area contributed by atoms with Gasteiger partial charge in [0.1, 0.15) is 0 Å². The van der Waals surface area contributed by atoms with Crippen LogP contribution in [0.25, 0.3) is 0 Å². The number of nitrogens with zero attached hydrogens (tertiary/aromatic N) is 1. The largest absolute Gasteiger partial charge is 0.393 e. The molecule has 1 amide bonds. The summed E-state index contributed by atoms with van der Waals surface area (Å²) in [5, 5.41) is 12.5. The zero-order chi connectivity index (χ0) is 15.0. The van der Waals surface area contributed by atoms with Gasteiger partial charge in [0.25, 0.3) is 0 Å². The molecule has 0 aromatic carbocycles. The molecule has 2 N–H and O–H groups in total. The predicted molar refractivity (Wildman–Crippen MR) is 76.0 cm³/mol. The average molecular weight is 304 g/mol. The van der Waals surface area contributed by atoms with E-state index in [2.05, 4.69) is 5.32 Å². The van der Waals surface area contributed by atoms with Gasteiger partial charge < -0.3 is 10.4 Å². The molecule has 2 aliphatic rings. The first-order valence-corrected chi connectivity index (χ1v) is 8.93. The van der Waals surface area contributed by atoms with Crippen LogP contribution in [0.3, 0.4) is 0 Å². The lowest BCUT2D eigenvalue weighted by molar-refractivity contribution is -0.124. The zero-order valence-corrected chi connectivity index (χ0v) is 12.9. The van der Waals surface area contributed by atoms with Crippen molar-refractivity contribution in [3.8, 4) is 0 Å². The Bertz CT molecular complexity index is 479. The van der Waals surface area contributed by atoms with Gasteiger partial charge in [0.2, 0.25) is 5.91 Å². The molecule has 116 valence electrons. The third-order valence-electron chi connectivity index (χ3n) is 4.26. The number of hydrogen-bond donors (Lipinski definition) is 2. The topological polar surface area (TPSA) is 86.7 Å². The number of nitrogens with one attached hydrogen (secondary N) is 1. The first-order valence-electron chi connectivity index (χ1n) is 7.11. The van der Waals surface area contributed by atoms with E-state index in [4.69, 9.17) is 0 Å². The highest BCUT2D eigenvalue weighted by Gasteiger charge is 2.39. The summed E-state index contributed by atoms with van der Waals surface area (Å²) in [7, 11) is -3.01. The first kappa shape index (κ1) is 15.7. The van der Waals surface area contributed by atoms with Crippen LogP contribution in [0, 0.1) is 5.92 Å². The number of likely N-dealkylation sites (tertiary alicyclic amines) is 1. The molecule has 20 heavy (non-hydrogen) atoms. The normalized spacial score (nSPS) is 37.8. The molecule has 0 aromatic rings. The average Bonchev–Trinajstić information content (AvgIpc) is 2.57. The van der Waals surface area contributed by atoms with E-state index >= 15 is 0 Å². The van der Waals surface area contributed by atoms with Crippen molar-refractivity contribution in [1.29, 1.82) is 0 Å². The third kappa shape index (κ3) is 3.93. The number of rotatable bonds is 3. The SMILES string of the molecule is CC1CN(CC(=O)NC2(C)CCS(=O)(=O)C2)CCC1O. The highest BCUT2D eigenvalue weighted by Crippen LogP contribution is 2.23. The number of aliphatic hydroxyl groups excluding tert-OH is 1. The number of sulfone groups is 1. The number of hydrogen-bond acceptors (Lipinski definition) is 5. The smallest absolute Gasteiger partial charge is 0.234 e. The Morgan fingerprint density at radius 3 is 2.75 bits per heavy atom. The van der Waals surface area contributed by atoms with Crippen molar-refractivity contribution in [2.75, 3.05) is 31.1 Å². The minimum Gasteiger partial charge on any atom is -0.393 e. The Morgan fingerprint density at radius 1 is 1.50 bits per heavy atom. The van der Waals surface area contributed by atoms with Crippen LogP contribution in [-0.2, 0) is 14.6 Å². The molecule has 7 heteroatoms. The molecule has 2 rings (SSSR count). The van der Waals surface area contributed by atoms with E-state index in [0.29, 0.717) is 25.9 Å². The second kappa shape index (κ2) is 5.61. The van der Waals surface area contributed by atoms with Crippen LogP contribution >= 0.6 is 0 Å². The molecule has 0 bridgehead atoms. The van der Waals surface area contributed by atoms with Crippen molar-refractivity contribution in [3.05, 3.63) is 0 Å². The summed E-state index contributed by atoms with van der Waals surface area (Å²) in [6.07, 6.45) is 0.878. The van der Waals surface area contributed by atoms with Crippen molar-refractivity contribution >= 4 is 15.7 Å². The molecular formula is C13H24N2O4S. The van der Waals surface area contributed by atoms with Crippen LogP contribution in [0.4, 0.5) is 0 Å². The molecule has 3 atom stereocenters. The Morgan fingerprint density at radius 2 is 2.20 bits per heavy atom. The first-order chi connectivity index (χ1) is 9.19. The van der Waals surface area contributed by atoms with Crippen molar-refractivity contribution in [2.24, 2.45) is 5.92 Å². The van der Waals surface area contributed by atoms with Gasteiger partial charge in [-0.2, -0.15) is 0 Å². The maximum atomic E-state index is 12.1. The lowest BCUT2D eigenvalue weighted by Crippen LogP contribution is -2.52. The van der Waals surface area contributed by atoms with E-state index in [1.54, 1.807) is 6.92 Å². The summed E-state index contributed by atoms with van der Waals surface area (Å²) >= 11 is 0. The fourth-order valence-electron chi connectivity index (χ4n) is 3.05. The van der Waals surface area contributed by atoms with Gasteiger partial charge >= 0.3 is 0 Å². The maximum absolute atomic E-state index is 12.1.